The number of ketones is 2. The van der Waals surface area contributed by atoms with Gasteiger partial charge < -0.3 is 5.11 Å². The molecule has 3 heteroatoms. The van der Waals surface area contributed by atoms with Crippen LogP contribution in [0.4, 0.5) is 0 Å². The average molecular weight is 298 g/mol. The maximum Gasteiger partial charge on any atom is 0.234 e. The van der Waals surface area contributed by atoms with Crippen molar-refractivity contribution < 1.29 is 14.7 Å². The number of aliphatic hydroxyl groups excluding tert-OH is 1. The Morgan fingerprint density at radius 2 is 1.86 bits per heavy atom. The molecular weight excluding hydrogens is 276 g/mol. The minimum atomic E-state index is -0.422. The molecule has 0 fully saturated rings. The van der Waals surface area contributed by atoms with Gasteiger partial charge in [0.15, 0.2) is 0 Å². The molecule has 0 saturated heterocycles. The minimum absolute atomic E-state index is 0.0406. The number of carbonyl (C=O) groups is 2. The maximum absolute atomic E-state index is 12.6. The van der Waals surface area contributed by atoms with Crippen LogP contribution in [0.25, 0.3) is 6.08 Å². The number of benzene rings is 1. The molecule has 0 aromatic heterocycles. The molecule has 0 bridgehead atoms. The number of fused-ring (bicyclic) bond motifs is 3. The lowest BCUT2D eigenvalue weighted by atomic mass is 9.67. The molecule has 1 N–H and O–H groups in total. The van der Waals surface area contributed by atoms with E-state index in [0.717, 1.165) is 16.7 Å². The lowest BCUT2D eigenvalue weighted by Gasteiger charge is -2.38. The molecule has 0 aliphatic heterocycles. The van der Waals surface area contributed by atoms with Crippen molar-refractivity contribution in [2.45, 2.75) is 52.1 Å². The highest BCUT2D eigenvalue weighted by atomic mass is 16.3. The van der Waals surface area contributed by atoms with E-state index in [1.807, 2.05) is 45.9 Å². The minimum Gasteiger partial charge on any atom is -0.392 e. The van der Waals surface area contributed by atoms with Crippen LogP contribution in [0, 0.1) is 5.92 Å². The third-order valence-electron chi connectivity index (χ3n) is 5.17. The van der Waals surface area contributed by atoms with Gasteiger partial charge >= 0.3 is 0 Å². The molecule has 2 aliphatic rings. The summed E-state index contributed by atoms with van der Waals surface area (Å²) < 4.78 is 0. The Bertz CT molecular complexity index is 708. The van der Waals surface area contributed by atoms with Gasteiger partial charge in [-0.05, 0) is 41.5 Å². The first-order chi connectivity index (χ1) is 10.2. The van der Waals surface area contributed by atoms with Crippen LogP contribution in [0.1, 0.15) is 61.2 Å². The van der Waals surface area contributed by atoms with Gasteiger partial charge in [0.1, 0.15) is 0 Å². The summed E-state index contributed by atoms with van der Waals surface area (Å²) in [5.74, 6) is -0.719. The smallest absolute Gasteiger partial charge is 0.234 e. The summed E-state index contributed by atoms with van der Waals surface area (Å²) in [6, 6.07) is 3.93. The van der Waals surface area contributed by atoms with Crippen LogP contribution in [0.3, 0.4) is 0 Å². The van der Waals surface area contributed by atoms with Gasteiger partial charge in [-0.2, -0.15) is 0 Å². The van der Waals surface area contributed by atoms with Gasteiger partial charge in [0.05, 0.1) is 6.10 Å². The Balaban J connectivity index is 2.25. The largest absolute Gasteiger partial charge is 0.392 e. The molecule has 0 amide bonds. The molecule has 0 radical (unpaired) electrons. The van der Waals surface area contributed by atoms with E-state index in [1.165, 1.54) is 0 Å². The highest BCUT2D eigenvalue weighted by molar-refractivity contribution is 6.52. The van der Waals surface area contributed by atoms with Crippen LogP contribution in [0.5, 0.6) is 0 Å². The van der Waals surface area contributed by atoms with Crippen molar-refractivity contribution in [2.75, 3.05) is 0 Å². The summed E-state index contributed by atoms with van der Waals surface area (Å²) in [6.07, 6.45) is 2.71. The second kappa shape index (κ2) is 4.88. The number of rotatable bonds is 1. The Morgan fingerprint density at radius 3 is 2.50 bits per heavy atom. The fraction of sp³-hybridized carbons (Fsp3) is 0.474. The Hall–Kier alpha value is -1.74. The number of carbonyl (C=O) groups excluding carboxylic acids is 2. The van der Waals surface area contributed by atoms with E-state index in [2.05, 4.69) is 0 Å². The van der Waals surface area contributed by atoms with Gasteiger partial charge in [-0.25, -0.2) is 0 Å². The molecule has 2 aliphatic carbocycles. The average Bonchev–Trinajstić information content (AvgIpc) is 2.45. The Kier molecular flexibility index (Phi) is 3.37. The first-order valence-corrected chi connectivity index (χ1v) is 7.90. The van der Waals surface area contributed by atoms with Crippen LogP contribution in [0.15, 0.2) is 17.7 Å². The van der Waals surface area contributed by atoms with Gasteiger partial charge in [0.25, 0.3) is 0 Å². The molecule has 0 heterocycles. The fourth-order valence-electron chi connectivity index (χ4n) is 3.65. The number of hydrogen-bond acceptors (Lipinski definition) is 3. The number of aliphatic hydroxyl groups is 1. The van der Waals surface area contributed by atoms with E-state index in [9.17, 15) is 14.7 Å². The van der Waals surface area contributed by atoms with Gasteiger partial charge in [0.2, 0.25) is 11.6 Å². The molecule has 116 valence electrons. The van der Waals surface area contributed by atoms with Crippen LogP contribution in [-0.4, -0.2) is 22.8 Å². The van der Waals surface area contributed by atoms with Gasteiger partial charge in [-0.1, -0.05) is 39.8 Å². The fourth-order valence-corrected chi connectivity index (χ4v) is 3.65. The molecule has 3 nitrogen and oxygen atoms in total. The zero-order valence-electron chi connectivity index (χ0n) is 13.6. The second-order valence-corrected chi connectivity index (χ2v) is 7.24. The first kappa shape index (κ1) is 15.2. The molecular formula is C19H22O3. The number of hydrogen-bond donors (Lipinski definition) is 1. The quantitative estimate of drug-likeness (QED) is 0.811. The third-order valence-corrected chi connectivity index (χ3v) is 5.17. The highest BCUT2D eigenvalue weighted by Gasteiger charge is 2.39. The molecule has 0 spiro atoms. The molecule has 1 aromatic carbocycles. The van der Waals surface area contributed by atoms with Gasteiger partial charge in [-0.15, -0.1) is 0 Å². The molecule has 1 unspecified atom stereocenters. The zero-order valence-corrected chi connectivity index (χ0v) is 13.6. The van der Waals surface area contributed by atoms with Crippen molar-refractivity contribution in [1.82, 2.24) is 0 Å². The van der Waals surface area contributed by atoms with E-state index in [4.69, 9.17) is 0 Å². The van der Waals surface area contributed by atoms with Crippen LogP contribution >= 0.6 is 0 Å². The first-order valence-electron chi connectivity index (χ1n) is 7.90. The topological polar surface area (TPSA) is 54.4 Å². The molecule has 3 rings (SSSR count). The van der Waals surface area contributed by atoms with Crippen molar-refractivity contribution >= 4 is 17.6 Å². The van der Waals surface area contributed by atoms with Crippen molar-refractivity contribution in [3.63, 3.8) is 0 Å². The predicted octanol–water partition coefficient (Wildman–Crippen LogP) is 3.08. The monoisotopic (exact) mass is 298 g/mol. The maximum atomic E-state index is 12.6. The van der Waals surface area contributed by atoms with E-state index in [0.29, 0.717) is 24.0 Å². The van der Waals surface area contributed by atoms with E-state index in [1.54, 1.807) is 0 Å². The molecule has 1 atom stereocenters. The molecule has 22 heavy (non-hydrogen) atoms. The SMILES string of the molecule is CC(C)C1=Cc2ccc3c(c2C(=O)C1=O)CCC(O)C3(C)C. The standard InChI is InChI=1S/C19H22O3/c1-10(2)13-9-11-5-7-14-12(16(11)18(22)17(13)21)6-8-15(20)19(14,3)4/h5,7,9-10,15,20H,6,8H2,1-4H3. The summed E-state index contributed by atoms with van der Waals surface area (Å²) in [6.45, 7) is 7.85. The zero-order chi connectivity index (χ0) is 16.2. The van der Waals surface area contributed by atoms with Gasteiger partial charge in [0, 0.05) is 16.6 Å². The van der Waals surface area contributed by atoms with Crippen LogP contribution < -0.4 is 0 Å². The van der Waals surface area contributed by atoms with E-state index < -0.39 is 11.5 Å². The lowest BCUT2D eigenvalue weighted by molar-refractivity contribution is -0.112. The highest BCUT2D eigenvalue weighted by Crippen LogP contribution is 2.41. The Morgan fingerprint density at radius 1 is 1.18 bits per heavy atom. The normalized spacial score (nSPS) is 23.2. The summed E-state index contributed by atoms with van der Waals surface area (Å²) in [7, 11) is 0. The summed E-state index contributed by atoms with van der Waals surface area (Å²) in [4.78, 5) is 25.0. The molecule has 0 saturated carbocycles. The van der Waals surface area contributed by atoms with Crippen molar-refractivity contribution in [3.8, 4) is 0 Å². The van der Waals surface area contributed by atoms with Crippen molar-refractivity contribution in [3.05, 3.63) is 40.0 Å². The molecule has 1 aromatic rings. The van der Waals surface area contributed by atoms with Crippen LogP contribution in [0.2, 0.25) is 0 Å². The number of Topliss-reactive ketones (excluding diaryl/α,β-unsaturated/α-hetero) is 2. The van der Waals surface area contributed by atoms with Crippen LogP contribution in [-0.2, 0) is 16.6 Å². The van der Waals surface area contributed by atoms with Gasteiger partial charge in [-0.3, -0.25) is 9.59 Å². The van der Waals surface area contributed by atoms with E-state index >= 15 is 0 Å². The van der Waals surface area contributed by atoms with E-state index in [-0.39, 0.29) is 17.5 Å². The summed E-state index contributed by atoms with van der Waals surface area (Å²) in [5.41, 5.74) is 3.55. The lowest BCUT2D eigenvalue weighted by Crippen LogP contribution is -2.40. The third kappa shape index (κ3) is 1.99. The Labute approximate surface area is 131 Å². The predicted molar refractivity (Wildman–Crippen MR) is 85.9 cm³/mol. The summed E-state index contributed by atoms with van der Waals surface area (Å²) in [5, 5.41) is 10.3. The summed E-state index contributed by atoms with van der Waals surface area (Å²) >= 11 is 0. The van der Waals surface area contributed by atoms with Crippen molar-refractivity contribution in [2.24, 2.45) is 5.92 Å². The number of allylic oxidation sites excluding steroid dienone is 1. The van der Waals surface area contributed by atoms with Crippen molar-refractivity contribution in [1.29, 1.82) is 0 Å². The second-order valence-electron chi connectivity index (χ2n) is 7.24.